The molecular formula is C8H6NO2. The first-order valence-corrected chi connectivity index (χ1v) is 3.31. The number of carbonyl (C=O) groups excluding carboxylic acids is 1. The maximum atomic E-state index is 10.7. The standard InChI is InChI=1S/C8H6NO2/c10-8-5-9-6-3-1-2-4-7(6)11-8/h1,3-4,9H,5H2. The van der Waals surface area contributed by atoms with Crippen LogP contribution < -0.4 is 10.1 Å². The molecule has 1 N–H and O–H groups in total. The first-order valence-electron chi connectivity index (χ1n) is 3.31. The number of rotatable bonds is 0. The van der Waals surface area contributed by atoms with Crippen molar-refractivity contribution in [3.8, 4) is 5.75 Å². The summed E-state index contributed by atoms with van der Waals surface area (Å²) in [5.74, 6) is 0.306. The fourth-order valence-electron chi connectivity index (χ4n) is 0.972. The molecule has 1 aromatic rings. The van der Waals surface area contributed by atoms with Crippen molar-refractivity contribution in [3.63, 3.8) is 0 Å². The van der Waals surface area contributed by atoms with E-state index in [1.54, 1.807) is 12.1 Å². The van der Waals surface area contributed by atoms with Gasteiger partial charge in [-0.05, 0) is 18.2 Å². The molecule has 0 atom stereocenters. The van der Waals surface area contributed by atoms with Crippen LogP contribution in [0, 0.1) is 6.07 Å². The van der Waals surface area contributed by atoms with Gasteiger partial charge >= 0.3 is 5.97 Å². The van der Waals surface area contributed by atoms with Gasteiger partial charge in [0.15, 0.2) is 5.75 Å². The van der Waals surface area contributed by atoms with Gasteiger partial charge in [0, 0.05) is 0 Å². The number of esters is 1. The third-order valence-corrected chi connectivity index (χ3v) is 1.47. The lowest BCUT2D eigenvalue weighted by Crippen LogP contribution is -2.24. The summed E-state index contributed by atoms with van der Waals surface area (Å²) in [6, 6.07) is 8.05. The van der Waals surface area contributed by atoms with Crippen molar-refractivity contribution in [1.29, 1.82) is 0 Å². The summed E-state index contributed by atoms with van der Waals surface area (Å²) < 4.78 is 4.90. The van der Waals surface area contributed by atoms with E-state index in [0.29, 0.717) is 5.75 Å². The minimum atomic E-state index is -0.253. The van der Waals surface area contributed by atoms with Crippen molar-refractivity contribution >= 4 is 11.7 Å². The monoisotopic (exact) mass is 148 g/mol. The maximum absolute atomic E-state index is 10.7. The second-order valence-corrected chi connectivity index (χ2v) is 2.25. The molecule has 0 unspecified atom stereocenters. The van der Waals surface area contributed by atoms with Gasteiger partial charge in [-0.1, -0.05) is 6.07 Å². The highest BCUT2D eigenvalue weighted by molar-refractivity contribution is 5.83. The van der Waals surface area contributed by atoms with Crippen LogP contribution in [0.1, 0.15) is 0 Å². The van der Waals surface area contributed by atoms with Crippen molar-refractivity contribution in [2.45, 2.75) is 0 Å². The van der Waals surface area contributed by atoms with Crippen molar-refractivity contribution in [2.24, 2.45) is 0 Å². The van der Waals surface area contributed by atoms with Gasteiger partial charge in [0.25, 0.3) is 0 Å². The van der Waals surface area contributed by atoms with Gasteiger partial charge in [-0.3, -0.25) is 0 Å². The average Bonchev–Trinajstić information content (AvgIpc) is 2.04. The Kier molecular flexibility index (Phi) is 1.28. The minimum absolute atomic E-state index is 0.247. The normalized spacial score (nSPS) is 14.7. The first-order chi connectivity index (χ1) is 5.36. The second-order valence-electron chi connectivity index (χ2n) is 2.25. The molecule has 0 aromatic heterocycles. The van der Waals surface area contributed by atoms with E-state index >= 15 is 0 Å². The quantitative estimate of drug-likeness (QED) is 0.437. The lowest BCUT2D eigenvalue weighted by Gasteiger charge is -2.16. The third kappa shape index (κ3) is 1.05. The Morgan fingerprint density at radius 3 is 3.45 bits per heavy atom. The number of carbonyl (C=O) groups is 1. The van der Waals surface area contributed by atoms with Crippen LogP contribution in [0.5, 0.6) is 5.75 Å². The molecule has 11 heavy (non-hydrogen) atoms. The highest BCUT2D eigenvalue weighted by Gasteiger charge is 2.14. The molecule has 0 fully saturated rings. The minimum Gasteiger partial charge on any atom is -0.423 e. The van der Waals surface area contributed by atoms with Gasteiger partial charge in [-0.25, -0.2) is 4.79 Å². The number of nitrogens with one attached hydrogen (secondary N) is 1. The van der Waals surface area contributed by atoms with Gasteiger partial charge in [-0.15, -0.1) is 0 Å². The van der Waals surface area contributed by atoms with E-state index in [-0.39, 0.29) is 12.5 Å². The zero-order valence-electron chi connectivity index (χ0n) is 5.76. The molecule has 0 saturated carbocycles. The summed E-state index contributed by atoms with van der Waals surface area (Å²) in [5, 5.41) is 2.92. The van der Waals surface area contributed by atoms with Crippen LogP contribution in [0.3, 0.4) is 0 Å². The molecular weight excluding hydrogens is 142 g/mol. The van der Waals surface area contributed by atoms with Crippen molar-refractivity contribution < 1.29 is 9.53 Å². The number of hydrogen-bond acceptors (Lipinski definition) is 3. The van der Waals surface area contributed by atoms with Crippen LogP contribution in [-0.4, -0.2) is 12.5 Å². The number of benzene rings is 1. The van der Waals surface area contributed by atoms with E-state index in [1.807, 2.05) is 6.07 Å². The van der Waals surface area contributed by atoms with Crippen LogP contribution in [-0.2, 0) is 4.79 Å². The van der Waals surface area contributed by atoms with Crippen molar-refractivity contribution in [3.05, 3.63) is 24.3 Å². The highest BCUT2D eigenvalue weighted by atomic mass is 16.5. The Hall–Kier alpha value is -1.51. The largest absolute Gasteiger partial charge is 0.423 e. The van der Waals surface area contributed by atoms with E-state index in [4.69, 9.17) is 4.74 Å². The molecule has 55 valence electrons. The molecule has 1 aliphatic heterocycles. The first kappa shape index (κ1) is 6.22. The highest BCUT2D eigenvalue weighted by Crippen LogP contribution is 2.25. The van der Waals surface area contributed by atoms with Gasteiger partial charge in [0.2, 0.25) is 0 Å². The molecule has 3 heteroatoms. The third-order valence-electron chi connectivity index (χ3n) is 1.47. The predicted molar refractivity (Wildman–Crippen MR) is 39.4 cm³/mol. The summed E-state index contributed by atoms with van der Waals surface area (Å²) in [6.45, 7) is 0.247. The zero-order chi connectivity index (χ0) is 7.68. The van der Waals surface area contributed by atoms with Gasteiger partial charge in [0.05, 0.1) is 5.69 Å². The van der Waals surface area contributed by atoms with E-state index in [0.717, 1.165) is 5.69 Å². The molecule has 0 amide bonds. The second kappa shape index (κ2) is 2.27. The molecule has 0 saturated heterocycles. The van der Waals surface area contributed by atoms with Gasteiger partial charge in [0.1, 0.15) is 6.54 Å². The Morgan fingerprint density at radius 1 is 1.64 bits per heavy atom. The fraction of sp³-hybridized carbons (Fsp3) is 0.125. The molecule has 0 bridgehead atoms. The molecule has 2 rings (SSSR count). The Balaban J connectivity index is 2.41. The van der Waals surface area contributed by atoms with E-state index in [2.05, 4.69) is 11.4 Å². The number of hydrogen-bond donors (Lipinski definition) is 1. The smallest absolute Gasteiger partial charge is 0.330 e. The topological polar surface area (TPSA) is 38.3 Å². The van der Waals surface area contributed by atoms with Crippen LogP contribution in [0.15, 0.2) is 18.2 Å². The van der Waals surface area contributed by atoms with E-state index in [1.165, 1.54) is 0 Å². The van der Waals surface area contributed by atoms with Gasteiger partial charge in [-0.2, -0.15) is 0 Å². The van der Waals surface area contributed by atoms with Crippen LogP contribution in [0.2, 0.25) is 0 Å². The summed E-state index contributed by atoms with van der Waals surface area (Å²) in [7, 11) is 0. The van der Waals surface area contributed by atoms with E-state index < -0.39 is 0 Å². The van der Waals surface area contributed by atoms with Gasteiger partial charge < -0.3 is 10.1 Å². The Labute approximate surface area is 64.0 Å². The number of anilines is 1. The summed E-state index contributed by atoms with van der Waals surface area (Å²) in [4.78, 5) is 10.7. The Bertz CT molecular complexity index is 296. The molecule has 1 aromatic carbocycles. The van der Waals surface area contributed by atoms with Crippen molar-refractivity contribution in [2.75, 3.05) is 11.9 Å². The molecule has 0 spiro atoms. The lowest BCUT2D eigenvalue weighted by atomic mass is 10.2. The fourth-order valence-corrected chi connectivity index (χ4v) is 0.972. The molecule has 1 aliphatic rings. The predicted octanol–water partition coefficient (Wildman–Crippen LogP) is 0.818. The molecule has 3 nitrogen and oxygen atoms in total. The molecule has 1 heterocycles. The Morgan fingerprint density at radius 2 is 2.55 bits per heavy atom. The number of fused-ring (bicyclic) bond motifs is 1. The SMILES string of the molecule is O=C1CNc2cc[c]cc2O1. The van der Waals surface area contributed by atoms with Crippen LogP contribution in [0.25, 0.3) is 0 Å². The summed E-state index contributed by atoms with van der Waals surface area (Å²) >= 11 is 0. The van der Waals surface area contributed by atoms with E-state index in [9.17, 15) is 4.79 Å². The summed E-state index contributed by atoms with van der Waals surface area (Å²) in [5.41, 5.74) is 0.850. The number of ether oxygens (including phenoxy) is 1. The lowest BCUT2D eigenvalue weighted by molar-refractivity contribution is -0.132. The van der Waals surface area contributed by atoms with Crippen molar-refractivity contribution in [1.82, 2.24) is 0 Å². The maximum Gasteiger partial charge on any atom is 0.330 e. The summed E-state index contributed by atoms with van der Waals surface area (Å²) in [6.07, 6.45) is 0. The van der Waals surface area contributed by atoms with Crippen LogP contribution >= 0.6 is 0 Å². The zero-order valence-corrected chi connectivity index (χ0v) is 5.76. The van der Waals surface area contributed by atoms with Crippen LogP contribution in [0.4, 0.5) is 5.69 Å². The average molecular weight is 148 g/mol. The molecule has 1 radical (unpaired) electrons. The molecule has 0 aliphatic carbocycles.